The maximum absolute atomic E-state index is 15.2. The molecule has 8 heteroatoms. The van der Waals surface area contributed by atoms with Gasteiger partial charge in [0.2, 0.25) is 0 Å². The highest BCUT2D eigenvalue weighted by molar-refractivity contribution is 6.41. The summed E-state index contributed by atoms with van der Waals surface area (Å²) in [4.78, 5) is 21.7. The van der Waals surface area contributed by atoms with Crippen LogP contribution in [0.25, 0.3) is 0 Å². The van der Waals surface area contributed by atoms with Crippen LogP contribution in [0, 0.1) is 11.8 Å². The minimum Gasteiger partial charge on any atom is -0.385 e. The number of hydrogen-bond acceptors (Lipinski definition) is 4. The van der Waals surface area contributed by atoms with Gasteiger partial charge in [-0.15, -0.1) is 0 Å². The number of alkyl halides is 4. The number of Topliss-reactive ketones (excluding diaryl/α,β-unsaturated/α-hetero) is 1. The molecular weight excluding hydrogens is 436 g/mol. The molecule has 182 valence electrons. The highest BCUT2D eigenvalue weighted by Crippen LogP contribution is 2.38. The van der Waals surface area contributed by atoms with Gasteiger partial charge in [0, 0.05) is 39.0 Å². The Balaban J connectivity index is 1.65. The second kappa shape index (κ2) is 11.9. The molecule has 1 aromatic carbocycles. The Morgan fingerprint density at radius 3 is 2.61 bits per heavy atom. The van der Waals surface area contributed by atoms with Gasteiger partial charge in [-0.2, -0.15) is 13.2 Å². The minimum absolute atomic E-state index is 0.0200. The largest absolute Gasteiger partial charge is 0.389 e. The Labute approximate surface area is 192 Å². The lowest BCUT2D eigenvalue weighted by Gasteiger charge is -2.32. The molecule has 33 heavy (non-hydrogen) atoms. The summed E-state index contributed by atoms with van der Waals surface area (Å²) in [5.41, 5.74) is 1.51. The SMILES string of the molecule is COCCC(CCCC(F)(F)F)CC(=O)C1=NCCC2C[C@H](c3ccccc3)C[C@H](F)C2=N1. The summed E-state index contributed by atoms with van der Waals surface area (Å²) < 4.78 is 57.8. The molecule has 1 fully saturated rings. The van der Waals surface area contributed by atoms with Crippen LogP contribution in [-0.2, 0) is 9.53 Å². The van der Waals surface area contributed by atoms with E-state index in [0.717, 1.165) is 12.0 Å². The monoisotopic (exact) mass is 468 g/mol. The number of halogens is 4. The quantitative estimate of drug-likeness (QED) is 0.389. The molecule has 1 aliphatic carbocycles. The zero-order valence-corrected chi connectivity index (χ0v) is 19.0. The fraction of sp³-hybridized carbons (Fsp3) is 0.640. The van der Waals surface area contributed by atoms with Crippen molar-refractivity contribution in [3.05, 3.63) is 35.9 Å². The second-order valence-corrected chi connectivity index (χ2v) is 9.06. The van der Waals surface area contributed by atoms with Crippen LogP contribution in [0.4, 0.5) is 17.6 Å². The highest BCUT2D eigenvalue weighted by Gasteiger charge is 2.37. The first-order valence-corrected chi connectivity index (χ1v) is 11.7. The van der Waals surface area contributed by atoms with Crippen LogP contribution in [0.15, 0.2) is 40.3 Å². The van der Waals surface area contributed by atoms with Gasteiger partial charge in [-0.25, -0.2) is 9.38 Å². The van der Waals surface area contributed by atoms with E-state index in [-0.39, 0.29) is 48.6 Å². The molecule has 0 bridgehead atoms. The number of fused-ring (bicyclic) bond motifs is 1. The van der Waals surface area contributed by atoms with E-state index >= 15 is 4.39 Å². The van der Waals surface area contributed by atoms with Gasteiger partial charge in [-0.3, -0.25) is 9.79 Å². The Bertz CT molecular complexity index is 839. The maximum Gasteiger partial charge on any atom is 0.389 e. The molecule has 0 saturated heterocycles. The summed E-state index contributed by atoms with van der Waals surface area (Å²) in [5.74, 6) is -0.518. The molecule has 0 spiro atoms. The van der Waals surface area contributed by atoms with Crippen molar-refractivity contribution in [1.29, 1.82) is 0 Å². The number of hydrogen-bond donors (Lipinski definition) is 0. The Kier molecular flexibility index (Phi) is 9.18. The summed E-state index contributed by atoms with van der Waals surface area (Å²) >= 11 is 0. The molecule has 2 unspecified atom stereocenters. The summed E-state index contributed by atoms with van der Waals surface area (Å²) in [6.45, 7) is 0.754. The average molecular weight is 469 g/mol. The first kappa shape index (κ1) is 25.5. The number of aliphatic imine (C=N–C) groups is 2. The van der Waals surface area contributed by atoms with Crippen LogP contribution in [0.5, 0.6) is 0 Å². The predicted molar refractivity (Wildman–Crippen MR) is 121 cm³/mol. The van der Waals surface area contributed by atoms with Gasteiger partial charge in [0.25, 0.3) is 0 Å². The number of nitrogens with zero attached hydrogens (tertiary/aromatic N) is 2. The normalized spacial score (nSPS) is 24.3. The van der Waals surface area contributed by atoms with E-state index in [9.17, 15) is 18.0 Å². The van der Waals surface area contributed by atoms with E-state index in [4.69, 9.17) is 4.74 Å². The van der Waals surface area contributed by atoms with Crippen LogP contribution in [0.3, 0.4) is 0 Å². The van der Waals surface area contributed by atoms with E-state index in [1.54, 1.807) is 0 Å². The zero-order chi connectivity index (χ0) is 23.8. The summed E-state index contributed by atoms with van der Waals surface area (Å²) in [6, 6.07) is 9.87. The number of rotatable bonds is 10. The molecule has 0 amide bonds. The van der Waals surface area contributed by atoms with Crippen molar-refractivity contribution < 1.29 is 27.1 Å². The summed E-state index contributed by atoms with van der Waals surface area (Å²) in [6.07, 6.45) is -3.82. The van der Waals surface area contributed by atoms with Crippen molar-refractivity contribution in [2.24, 2.45) is 21.8 Å². The third kappa shape index (κ3) is 7.73. The average Bonchev–Trinajstić information content (AvgIpc) is 3.00. The number of methoxy groups -OCH3 is 1. The Morgan fingerprint density at radius 1 is 1.15 bits per heavy atom. The lowest BCUT2D eigenvalue weighted by atomic mass is 9.74. The van der Waals surface area contributed by atoms with Crippen molar-refractivity contribution in [1.82, 2.24) is 0 Å². The summed E-state index contributed by atoms with van der Waals surface area (Å²) in [5, 5.41) is 0. The van der Waals surface area contributed by atoms with Gasteiger partial charge in [-0.1, -0.05) is 30.3 Å². The van der Waals surface area contributed by atoms with E-state index in [2.05, 4.69) is 9.98 Å². The van der Waals surface area contributed by atoms with Crippen molar-refractivity contribution >= 4 is 17.3 Å². The number of ketones is 1. The predicted octanol–water partition coefficient (Wildman–Crippen LogP) is 6.11. The fourth-order valence-electron chi connectivity index (χ4n) is 4.82. The fourth-order valence-corrected chi connectivity index (χ4v) is 4.82. The van der Waals surface area contributed by atoms with Crippen LogP contribution >= 0.6 is 0 Å². The van der Waals surface area contributed by atoms with E-state index < -0.39 is 18.8 Å². The zero-order valence-electron chi connectivity index (χ0n) is 19.0. The van der Waals surface area contributed by atoms with Gasteiger partial charge in [0.05, 0.1) is 5.71 Å². The third-order valence-electron chi connectivity index (χ3n) is 6.57. The van der Waals surface area contributed by atoms with Gasteiger partial charge < -0.3 is 4.74 Å². The topological polar surface area (TPSA) is 51.0 Å². The van der Waals surface area contributed by atoms with Crippen molar-refractivity contribution in [2.75, 3.05) is 20.3 Å². The molecule has 3 rings (SSSR count). The lowest BCUT2D eigenvalue weighted by Crippen LogP contribution is -2.34. The Hall–Kier alpha value is -2.09. The molecular formula is C25H32F4N2O2. The smallest absolute Gasteiger partial charge is 0.385 e. The lowest BCUT2D eigenvalue weighted by molar-refractivity contribution is -0.136. The van der Waals surface area contributed by atoms with Crippen LogP contribution in [0.1, 0.15) is 62.8 Å². The molecule has 1 saturated carbocycles. The van der Waals surface area contributed by atoms with Crippen LogP contribution in [0.2, 0.25) is 0 Å². The molecule has 4 nitrogen and oxygen atoms in total. The first-order valence-electron chi connectivity index (χ1n) is 11.7. The van der Waals surface area contributed by atoms with Crippen LogP contribution in [-0.4, -0.2) is 49.9 Å². The second-order valence-electron chi connectivity index (χ2n) is 9.06. The van der Waals surface area contributed by atoms with Crippen LogP contribution < -0.4 is 0 Å². The molecule has 2 aliphatic rings. The van der Waals surface area contributed by atoms with Gasteiger partial charge in [0.15, 0.2) is 11.6 Å². The van der Waals surface area contributed by atoms with E-state index in [1.165, 1.54) is 7.11 Å². The van der Waals surface area contributed by atoms with Gasteiger partial charge in [-0.05, 0) is 55.9 Å². The van der Waals surface area contributed by atoms with Gasteiger partial charge >= 0.3 is 6.18 Å². The van der Waals surface area contributed by atoms with Crippen molar-refractivity contribution in [3.8, 4) is 0 Å². The third-order valence-corrected chi connectivity index (χ3v) is 6.57. The number of carbonyl (C=O) groups excluding carboxylic acids is 1. The van der Waals surface area contributed by atoms with Crippen molar-refractivity contribution in [3.63, 3.8) is 0 Å². The molecule has 1 aromatic rings. The summed E-state index contributed by atoms with van der Waals surface area (Å²) in [7, 11) is 1.52. The van der Waals surface area contributed by atoms with E-state index in [1.807, 2.05) is 30.3 Å². The van der Waals surface area contributed by atoms with E-state index in [0.29, 0.717) is 38.1 Å². The number of benzene rings is 1. The van der Waals surface area contributed by atoms with Gasteiger partial charge in [0.1, 0.15) is 6.17 Å². The molecule has 1 aliphatic heterocycles. The molecule has 0 radical (unpaired) electrons. The maximum atomic E-state index is 15.2. The molecule has 1 heterocycles. The standard InChI is InChI=1S/C25H32F4N2O2/c1-33-13-10-17(6-5-11-25(27,28)29)14-22(32)24-30-12-9-19-15-20(16-21(26)23(19)31-24)18-7-3-2-4-8-18/h2-4,7-8,17,19-21H,5-6,9-16H2,1H3/t17?,19?,20-,21-/m0/s1. The number of ether oxygens (including phenoxy) is 1. The number of carbonyl (C=O) groups is 1. The number of amidine groups is 1. The molecule has 0 N–H and O–H groups in total. The first-order chi connectivity index (χ1) is 15.8. The molecule has 4 atom stereocenters. The minimum atomic E-state index is -4.21. The highest BCUT2D eigenvalue weighted by atomic mass is 19.4. The Morgan fingerprint density at radius 2 is 1.91 bits per heavy atom. The molecule has 0 aromatic heterocycles. The van der Waals surface area contributed by atoms with Crippen molar-refractivity contribution in [2.45, 2.75) is 69.6 Å².